The summed E-state index contributed by atoms with van der Waals surface area (Å²) < 4.78 is 7.50. The highest BCUT2D eigenvalue weighted by molar-refractivity contribution is 7.99. The van der Waals surface area contributed by atoms with Gasteiger partial charge in [0.25, 0.3) is 0 Å². The van der Waals surface area contributed by atoms with Gasteiger partial charge in [0.15, 0.2) is 5.16 Å². The lowest BCUT2D eigenvalue weighted by Crippen LogP contribution is -2.41. The van der Waals surface area contributed by atoms with Crippen molar-refractivity contribution in [3.05, 3.63) is 41.7 Å². The number of carbonyl (C=O) groups excluding carboxylic acids is 1. The van der Waals surface area contributed by atoms with E-state index < -0.39 is 0 Å². The Kier molecular flexibility index (Phi) is 6.61. The number of nitrogens with zero attached hydrogens (tertiary/aromatic N) is 5. The van der Waals surface area contributed by atoms with Crippen molar-refractivity contribution in [2.75, 3.05) is 45.1 Å². The molecule has 0 radical (unpaired) electrons. The van der Waals surface area contributed by atoms with E-state index in [-0.39, 0.29) is 5.91 Å². The van der Waals surface area contributed by atoms with E-state index in [1.165, 1.54) is 30.2 Å². The molecule has 2 fully saturated rings. The first kappa shape index (κ1) is 19.4. The molecule has 0 unspecified atom stereocenters. The molecular formula is C20H27N5O2S. The number of rotatable bonds is 7. The fraction of sp³-hybridized carbons (Fsp3) is 0.550. The lowest BCUT2D eigenvalue weighted by atomic mass is 10.2. The van der Waals surface area contributed by atoms with Crippen LogP contribution >= 0.6 is 11.8 Å². The van der Waals surface area contributed by atoms with Crippen molar-refractivity contribution in [1.29, 1.82) is 0 Å². The third-order valence-corrected chi connectivity index (χ3v) is 6.18. The standard InChI is InChI=1S/C20H27N5O2S/c26-19(24-10-12-27-13-11-24)16-28-20-22-21-18(15-23-8-4-5-9-23)25(20)14-17-6-2-1-3-7-17/h1-3,6-7H,4-5,8-16H2. The molecule has 0 N–H and O–H groups in total. The maximum Gasteiger partial charge on any atom is 0.233 e. The van der Waals surface area contributed by atoms with E-state index in [0.29, 0.717) is 32.1 Å². The molecule has 7 nitrogen and oxygen atoms in total. The molecule has 4 rings (SSSR count). The van der Waals surface area contributed by atoms with E-state index in [4.69, 9.17) is 4.74 Å². The van der Waals surface area contributed by atoms with Gasteiger partial charge < -0.3 is 14.2 Å². The average Bonchev–Trinajstić information content (AvgIpc) is 3.39. The zero-order valence-corrected chi connectivity index (χ0v) is 16.9. The van der Waals surface area contributed by atoms with Gasteiger partial charge in [-0.25, -0.2) is 0 Å². The molecule has 0 spiro atoms. The summed E-state index contributed by atoms with van der Waals surface area (Å²) in [6, 6.07) is 10.4. The van der Waals surface area contributed by atoms with Crippen LogP contribution in [-0.2, 0) is 22.6 Å². The quantitative estimate of drug-likeness (QED) is 0.660. The fourth-order valence-electron chi connectivity index (χ4n) is 3.64. The summed E-state index contributed by atoms with van der Waals surface area (Å²) in [5.41, 5.74) is 1.21. The highest BCUT2D eigenvalue weighted by Gasteiger charge is 2.21. The van der Waals surface area contributed by atoms with E-state index >= 15 is 0 Å². The van der Waals surface area contributed by atoms with Crippen molar-refractivity contribution >= 4 is 17.7 Å². The van der Waals surface area contributed by atoms with Crippen molar-refractivity contribution in [3.8, 4) is 0 Å². The van der Waals surface area contributed by atoms with Gasteiger partial charge in [-0.05, 0) is 31.5 Å². The molecule has 2 aliphatic rings. The van der Waals surface area contributed by atoms with Crippen LogP contribution in [0.15, 0.2) is 35.5 Å². The van der Waals surface area contributed by atoms with E-state index in [1.807, 2.05) is 11.0 Å². The second-order valence-electron chi connectivity index (χ2n) is 7.24. The average molecular weight is 402 g/mol. The van der Waals surface area contributed by atoms with Crippen molar-refractivity contribution in [2.45, 2.75) is 31.1 Å². The zero-order chi connectivity index (χ0) is 19.2. The fourth-order valence-corrected chi connectivity index (χ4v) is 4.50. The monoisotopic (exact) mass is 401 g/mol. The SMILES string of the molecule is O=C(CSc1nnc(CN2CCCC2)n1Cc1ccccc1)N1CCOCC1. The lowest BCUT2D eigenvalue weighted by Gasteiger charge is -2.26. The molecule has 150 valence electrons. The van der Waals surface area contributed by atoms with Crippen LogP contribution in [0.5, 0.6) is 0 Å². The first-order valence-electron chi connectivity index (χ1n) is 9.96. The number of likely N-dealkylation sites (tertiary alicyclic amines) is 1. The summed E-state index contributed by atoms with van der Waals surface area (Å²) in [6.07, 6.45) is 2.50. The van der Waals surface area contributed by atoms with E-state index in [2.05, 4.69) is 43.9 Å². The Morgan fingerprint density at radius 2 is 1.75 bits per heavy atom. The van der Waals surface area contributed by atoms with Gasteiger partial charge in [0.05, 0.1) is 32.1 Å². The van der Waals surface area contributed by atoms with E-state index in [9.17, 15) is 4.79 Å². The van der Waals surface area contributed by atoms with Gasteiger partial charge in [0, 0.05) is 13.1 Å². The Morgan fingerprint density at radius 3 is 2.50 bits per heavy atom. The Hall–Kier alpha value is -1.90. The van der Waals surface area contributed by atoms with Crippen molar-refractivity contribution in [2.24, 2.45) is 0 Å². The Morgan fingerprint density at radius 1 is 1.00 bits per heavy atom. The first-order chi connectivity index (χ1) is 13.8. The molecule has 0 atom stereocenters. The van der Waals surface area contributed by atoms with Crippen LogP contribution in [0.4, 0.5) is 0 Å². The number of benzene rings is 1. The van der Waals surface area contributed by atoms with Crippen LogP contribution in [0, 0.1) is 0 Å². The number of aromatic nitrogens is 3. The Labute approximate surface area is 170 Å². The third kappa shape index (κ3) is 4.92. The van der Waals surface area contributed by atoms with Gasteiger partial charge in [-0.1, -0.05) is 42.1 Å². The van der Waals surface area contributed by atoms with Gasteiger partial charge in [-0.2, -0.15) is 0 Å². The molecule has 0 bridgehead atoms. The molecule has 3 heterocycles. The minimum atomic E-state index is 0.142. The summed E-state index contributed by atoms with van der Waals surface area (Å²) in [5.74, 6) is 1.51. The molecule has 2 aromatic rings. The molecule has 8 heteroatoms. The topological polar surface area (TPSA) is 63.5 Å². The Balaban J connectivity index is 1.46. The summed E-state index contributed by atoms with van der Waals surface area (Å²) >= 11 is 1.49. The predicted octanol–water partition coefficient (Wildman–Crippen LogP) is 1.87. The van der Waals surface area contributed by atoms with Gasteiger partial charge in [-0.3, -0.25) is 9.69 Å². The number of hydrogen-bond donors (Lipinski definition) is 0. The highest BCUT2D eigenvalue weighted by atomic mass is 32.2. The van der Waals surface area contributed by atoms with Gasteiger partial charge in [0.2, 0.25) is 5.91 Å². The number of carbonyl (C=O) groups is 1. The van der Waals surface area contributed by atoms with Crippen LogP contribution in [-0.4, -0.2) is 75.6 Å². The number of thioether (sulfide) groups is 1. The van der Waals surface area contributed by atoms with Crippen molar-refractivity contribution in [1.82, 2.24) is 24.6 Å². The molecule has 2 saturated heterocycles. The maximum absolute atomic E-state index is 12.5. The molecule has 1 aromatic carbocycles. The largest absolute Gasteiger partial charge is 0.378 e. The number of amides is 1. The van der Waals surface area contributed by atoms with E-state index in [0.717, 1.165) is 37.2 Å². The van der Waals surface area contributed by atoms with Crippen LogP contribution in [0.1, 0.15) is 24.2 Å². The summed E-state index contributed by atoms with van der Waals surface area (Å²) in [7, 11) is 0. The predicted molar refractivity (Wildman–Crippen MR) is 108 cm³/mol. The number of hydrogen-bond acceptors (Lipinski definition) is 6. The van der Waals surface area contributed by atoms with Crippen LogP contribution in [0.25, 0.3) is 0 Å². The molecule has 1 amide bonds. The second kappa shape index (κ2) is 9.54. The molecule has 0 saturated carbocycles. The summed E-state index contributed by atoms with van der Waals surface area (Å²) in [5, 5.41) is 9.72. The Bertz CT molecular complexity index is 770. The summed E-state index contributed by atoms with van der Waals surface area (Å²) in [4.78, 5) is 16.8. The smallest absolute Gasteiger partial charge is 0.233 e. The number of morpholine rings is 1. The van der Waals surface area contributed by atoms with Gasteiger partial charge >= 0.3 is 0 Å². The first-order valence-corrected chi connectivity index (χ1v) is 10.9. The van der Waals surface area contributed by atoms with Crippen molar-refractivity contribution in [3.63, 3.8) is 0 Å². The van der Waals surface area contributed by atoms with Crippen molar-refractivity contribution < 1.29 is 9.53 Å². The van der Waals surface area contributed by atoms with Crippen LogP contribution in [0.2, 0.25) is 0 Å². The molecular weight excluding hydrogens is 374 g/mol. The highest BCUT2D eigenvalue weighted by Crippen LogP contribution is 2.21. The van der Waals surface area contributed by atoms with Gasteiger partial charge in [0.1, 0.15) is 5.82 Å². The molecule has 0 aliphatic carbocycles. The normalized spacial score (nSPS) is 17.9. The second-order valence-corrected chi connectivity index (χ2v) is 8.18. The molecule has 2 aliphatic heterocycles. The van der Waals surface area contributed by atoms with Crippen LogP contribution < -0.4 is 0 Å². The lowest BCUT2D eigenvalue weighted by molar-refractivity contribution is -0.132. The third-order valence-electron chi connectivity index (χ3n) is 5.23. The molecule has 1 aromatic heterocycles. The van der Waals surface area contributed by atoms with E-state index in [1.54, 1.807) is 0 Å². The van der Waals surface area contributed by atoms with Crippen LogP contribution in [0.3, 0.4) is 0 Å². The summed E-state index contributed by atoms with van der Waals surface area (Å²) in [6.45, 7) is 6.39. The maximum atomic E-state index is 12.5. The zero-order valence-electron chi connectivity index (χ0n) is 16.1. The van der Waals surface area contributed by atoms with Gasteiger partial charge in [-0.15, -0.1) is 10.2 Å². The minimum absolute atomic E-state index is 0.142. The minimum Gasteiger partial charge on any atom is -0.378 e. The number of ether oxygens (including phenoxy) is 1. The molecule has 28 heavy (non-hydrogen) atoms.